The van der Waals surface area contributed by atoms with Crippen molar-refractivity contribution in [2.75, 3.05) is 25.0 Å². The molecular weight excluding hydrogens is 516 g/mol. The maximum absolute atomic E-state index is 13.1. The Kier molecular flexibility index (Phi) is 6.58. The van der Waals surface area contributed by atoms with E-state index in [0.29, 0.717) is 11.6 Å². The largest absolute Gasteiger partial charge is 0.474 e. The van der Waals surface area contributed by atoms with Crippen molar-refractivity contribution in [3.05, 3.63) is 53.9 Å². The molecule has 1 saturated carbocycles. The highest BCUT2D eigenvalue weighted by atomic mass is 32.2. The first-order chi connectivity index (χ1) is 18.7. The Balaban J connectivity index is 1.22. The molecule has 2 amide bonds. The van der Waals surface area contributed by atoms with Gasteiger partial charge in [0.25, 0.3) is 10.0 Å². The number of carbonyl (C=O) groups is 1. The van der Waals surface area contributed by atoms with Crippen LogP contribution in [-0.2, 0) is 28.4 Å². The van der Waals surface area contributed by atoms with Crippen molar-refractivity contribution in [2.24, 2.45) is 0 Å². The molecule has 0 unspecified atom stereocenters. The number of anilines is 1. The molecule has 6 rings (SSSR count). The Labute approximate surface area is 228 Å². The molecule has 2 N–H and O–H groups in total. The molecule has 0 bridgehead atoms. The smallest absolute Gasteiger partial charge is 0.333 e. The van der Waals surface area contributed by atoms with E-state index in [4.69, 9.17) is 4.74 Å². The predicted molar refractivity (Wildman–Crippen MR) is 147 cm³/mol. The van der Waals surface area contributed by atoms with E-state index >= 15 is 0 Å². The molecule has 2 fully saturated rings. The fourth-order valence-electron chi connectivity index (χ4n) is 5.31. The zero-order valence-corrected chi connectivity index (χ0v) is 23.1. The minimum absolute atomic E-state index is 0.191. The van der Waals surface area contributed by atoms with E-state index in [1.807, 2.05) is 32.0 Å². The number of hydrogen-bond acceptors (Lipinski definition) is 7. The standard InChI is InChI=1S/C28H34N6O4S/c1-28(2,18-33-14-4-15-33)34-16-12-25(31-34)39(36,37)32-27(35)30-26-22-6-3-5-19(22)7-10-23(26)20-11-13-29-24(17-20)38-21-8-9-21/h7,10-13,16-17,21H,3-6,8-9,14-15,18H2,1-2H3,(H2,30,32,35). The Bertz CT molecular complexity index is 1510. The Hall–Kier alpha value is -3.44. The Morgan fingerprint density at radius 3 is 2.69 bits per heavy atom. The van der Waals surface area contributed by atoms with Crippen molar-refractivity contribution in [1.29, 1.82) is 0 Å². The summed E-state index contributed by atoms with van der Waals surface area (Å²) in [5.74, 6) is 0.543. The molecule has 3 aliphatic rings. The number of nitrogens with one attached hydrogen (secondary N) is 2. The van der Waals surface area contributed by atoms with Crippen LogP contribution < -0.4 is 14.8 Å². The first-order valence-corrected chi connectivity index (χ1v) is 15.1. The number of amides is 2. The Morgan fingerprint density at radius 2 is 1.95 bits per heavy atom. The molecule has 1 saturated heterocycles. The molecule has 3 heterocycles. The summed E-state index contributed by atoms with van der Waals surface area (Å²) >= 11 is 0. The summed E-state index contributed by atoms with van der Waals surface area (Å²) in [6.07, 6.45) is 9.49. The van der Waals surface area contributed by atoms with E-state index in [1.54, 1.807) is 17.1 Å². The van der Waals surface area contributed by atoms with Crippen LogP contribution in [0.4, 0.5) is 10.5 Å². The topological polar surface area (TPSA) is 118 Å². The van der Waals surface area contributed by atoms with Crippen LogP contribution in [0, 0.1) is 0 Å². The second kappa shape index (κ2) is 9.95. The van der Waals surface area contributed by atoms with Crippen LogP contribution in [0.15, 0.2) is 47.8 Å². The predicted octanol–water partition coefficient (Wildman–Crippen LogP) is 3.93. The molecule has 10 nitrogen and oxygen atoms in total. The minimum Gasteiger partial charge on any atom is -0.474 e. The number of ether oxygens (including phenoxy) is 1. The molecule has 39 heavy (non-hydrogen) atoms. The van der Waals surface area contributed by atoms with Crippen molar-refractivity contribution in [1.82, 2.24) is 24.4 Å². The maximum Gasteiger partial charge on any atom is 0.333 e. The first-order valence-electron chi connectivity index (χ1n) is 13.6. The monoisotopic (exact) mass is 550 g/mol. The number of aryl methyl sites for hydroxylation is 1. The van der Waals surface area contributed by atoms with Gasteiger partial charge in [-0.3, -0.25) is 4.68 Å². The summed E-state index contributed by atoms with van der Waals surface area (Å²) in [4.78, 5) is 19.7. The van der Waals surface area contributed by atoms with E-state index in [-0.39, 0.29) is 16.7 Å². The minimum atomic E-state index is -4.18. The van der Waals surface area contributed by atoms with Crippen molar-refractivity contribution >= 4 is 21.7 Å². The van der Waals surface area contributed by atoms with E-state index in [0.717, 1.165) is 74.0 Å². The normalized spacial score (nSPS) is 17.4. The van der Waals surface area contributed by atoms with Crippen LogP contribution in [0.25, 0.3) is 11.1 Å². The molecule has 3 aromatic rings. The lowest BCUT2D eigenvalue weighted by atomic mass is 9.98. The van der Waals surface area contributed by atoms with Crippen molar-refractivity contribution in [3.63, 3.8) is 0 Å². The fourth-order valence-corrected chi connectivity index (χ4v) is 6.14. The third-order valence-corrected chi connectivity index (χ3v) is 8.85. The second-order valence-electron chi connectivity index (χ2n) is 11.3. The highest BCUT2D eigenvalue weighted by Gasteiger charge is 2.30. The van der Waals surface area contributed by atoms with Gasteiger partial charge in [0.1, 0.15) is 6.10 Å². The van der Waals surface area contributed by atoms with Crippen LogP contribution in [0.2, 0.25) is 0 Å². The highest BCUT2D eigenvalue weighted by molar-refractivity contribution is 7.90. The van der Waals surface area contributed by atoms with Gasteiger partial charge in [-0.1, -0.05) is 12.1 Å². The highest BCUT2D eigenvalue weighted by Crippen LogP contribution is 2.38. The van der Waals surface area contributed by atoms with Crippen molar-refractivity contribution in [2.45, 2.75) is 69.0 Å². The van der Waals surface area contributed by atoms with Crippen LogP contribution in [0.3, 0.4) is 0 Å². The van der Waals surface area contributed by atoms with Gasteiger partial charge >= 0.3 is 6.03 Å². The SMILES string of the molecule is CC(C)(CN1CCC1)n1ccc(S(=O)(=O)NC(=O)Nc2c(-c3ccnc(OC4CC4)c3)ccc3c2CCC3)n1. The Morgan fingerprint density at radius 1 is 1.13 bits per heavy atom. The number of urea groups is 1. The molecule has 0 atom stereocenters. The number of carbonyl (C=O) groups excluding carboxylic acids is 1. The molecule has 11 heteroatoms. The van der Waals surface area contributed by atoms with E-state index in [2.05, 4.69) is 31.1 Å². The quantitative estimate of drug-likeness (QED) is 0.414. The molecular formula is C28H34N6O4S. The zero-order chi connectivity index (χ0) is 27.2. The number of fused-ring (bicyclic) bond motifs is 1. The lowest BCUT2D eigenvalue weighted by Gasteiger charge is -2.38. The van der Waals surface area contributed by atoms with Crippen LogP contribution in [-0.4, -0.2) is 59.9 Å². The van der Waals surface area contributed by atoms with Crippen LogP contribution >= 0.6 is 0 Å². The second-order valence-corrected chi connectivity index (χ2v) is 12.9. The van der Waals surface area contributed by atoms with E-state index in [9.17, 15) is 13.2 Å². The van der Waals surface area contributed by atoms with Crippen molar-refractivity contribution in [3.8, 4) is 17.0 Å². The number of sulfonamides is 1. The summed E-state index contributed by atoms with van der Waals surface area (Å²) < 4.78 is 35.9. The summed E-state index contributed by atoms with van der Waals surface area (Å²) in [5, 5.41) is 6.99. The molecule has 2 aliphatic carbocycles. The first kappa shape index (κ1) is 25.8. The number of pyridine rings is 1. The van der Waals surface area contributed by atoms with Crippen molar-refractivity contribution < 1.29 is 17.9 Å². The van der Waals surface area contributed by atoms with Gasteiger partial charge in [0.15, 0.2) is 5.03 Å². The van der Waals surface area contributed by atoms with Gasteiger partial charge < -0.3 is 15.0 Å². The zero-order valence-electron chi connectivity index (χ0n) is 22.3. The molecule has 0 radical (unpaired) electrons. The molecule has 1 aromatic carbocycles. The summed E-state index contributed by atoms with van der Waals surface area (Å²) in [5.41, 5.74) is 4.05. The number of hydrogen-bond donors (Lipinski definition) is 2. The number of benzene rings is 1. The van der Waals surface area contributed by atoms with Gasteiger partial charge in [-0.25, -0.2) is 14.5 Å². The summed E-state index contributed by atoms with van der Waals surface area (Å²) in [7, 11) is -4.18. The number of likely N-dealkylation sites (tertiary alicyclic amines) is 1. The van der Waals surface area contributed by atoms with Gasteiger partial charge in [0.05, 0.1) is 11.2 Å². The maximum atomic E-state index is 13.1. The fraction of sp³-hybridized carbons (Fsp3) is 0.464. The molecule has 0 spiro atoms. The number of nitrogens with zero attached hydrogens (tertiary/aromatic N) is 4. The average Bonchev–Trinajstić information content (AvgIpc) is 3.31. The summed E-state index contributed by atoms with van der Waals surface area (Å²) in [6, 6.07) is 8.38. The van der Waals surface area contributed by atoms with E-state index < -0.39 is 16.1 Å². The third kappa shape index (κ3) is 5.51. The lowest BCUT2D eigenvalue weighted by molar-refractivity contribution is 0.112. The van der Waals surface area contributed by atoms with Crippen LogP contribution in [0.1, 0.15) is 50.7 Å². The third-order valence-electron chi connectivity index (χ3n) is 7.63. The van der Waals surface area contributed by atoms with Gasteiger partial charge in [0, 0.05) is 30.6 Å². The summed E-state index contributed by atoms with van der Waals surface area (Å²) in [6.45, 7) is 6.89. The van der Waals surface area contributed by atoms with Gasteiger partial charge in [-0.05, 0) is 94.3 Å². The number of rotatable bonds is 9. The van der Waals surface area contributed by atoms with E-state index in [1.165, 1.54) is 12.5 Å². The molecule has 206 valence electrons. The van der Waals surface area contributed by atoms with Gasteiger partial charge in [-0.15, -0.1) is 0 Å². The van der Waals surface area contributed by atoms with Crippen LogP contribution in [0.5, 0.6) is 5.88 Å². The molecule has 2 aromatic heterocycles. The van der Waals surface area contributed by atoms with Gasteiger partial charge in [0.2, 0.25) is 5.88 Å². The van der Waals surface area contributed by atoms with Gasteiger partial charge in [-0.2, -0.15) is 13.5 Å². The average molecular weight is 551 g/mol. The molecule has 1 aliphatic heterocycles. The lowest BCUT2D eigenvalue weighted by Crippen LogP contribution is -2.47. The number of aromatic nitrogens is 3.